The van der Waals surface area contributed by atoms with Gasteiger partial charge in [-0.1, -0.05) is 24.3 Å². The Hall–Kier alpha value is -3.49. The molecule has 9 heteroatoms. The number of carbonyl (C=O) groups is 1. The molecule has 4 aromatic rings. The monoisotopic (exact) mass is 469 g/mol. The summed E-state index contributed by atoms with van der Waals surface area (Å²) in [5.41, 5.74) is 1.06. The maximum Gasteiger partial charge on any atom is 0.434 e. The zero-order valence-corrected chi connectivity index (χ0v) is 19.0. The van der Waals surface area contributed by atoms with Crippen molar-refractivity contribution in [1.29, 1.82) is 0 Å². The van der Waals surface area contributed by atoms with E-state index in [9.17, 15) is 18.0 Å². The van der Waals surface area contributed by atoms with Gasteiger partial charge in [-0.3, -0.25) is 9.20 Å². The van der Waals surface area contributed by atoms with Crippen LogP contribution >= 0.6 is 0 Å². The van der Waals surface area contributed by atoms with Crippen molar-refractivity contribution in [1.82, 2.24) is 19.3 Å². The number of amides is 1. The molecule has 1 saturated carbocycles. The first-order chi connectivity index (χ1) is 16.2. The number of benzene rings is 1. The number of pyridine rings is 1. The van der Waals surface area contributed by atoms with Crippen molar-refractivity contribution in [2.75, 3.05) is 11.9 Å². The van der Waals surface area contributed by atoms with E-state index in [4.69, 9.17) is 0 Å². The van der Waals surface area contributed by atoms with Crippen LogP contribution in [0.2, 0.25) is 0 Å². The summed E-state index contributed by atoms with van der Waals surface area (Å²) in [6, 6.07) is 13.2. The van der Waals surface area contributed by atoms with Gasteiger partial charge in [0.1, 0.15) is 11.5 Å². The highest BCUT2D eigenvalue weighted by Crippen LogP contribution is 2.32. The highest BCUT2D eigenvalue weighted by molar-refractivity contribution is 6.07. The van der Waals surface area contributed by atoms with Gasteiger partial charge in [0.05, 0.1) is 5.56 Å². The van der Waals surface area contributed by atoms with Crippen LogP contribution in [0.3, 0.4) is 0 Å². The molecule has 1 aliphatic rings. The number of para-hydroxylation sites is 1. The van der Waals surface area contributed by atoms with Crippen LogP contribution in [0.15, 0.2) is 54.9 Å². The molecule has 3 heterocycles. The van der Waals surface area contributed by atoms with E-state index in [1.54, 1.807) is 12.1 Å². The average Bonchev–Trinajstić information content (AvgIpc) is 3.41. The molecule has 0 spiro atoms. The van der Waals surface area contributed by atoms with Gasteiger partial charge in [-0.15, -0.1) is 0 Å². The predicted octanol–water partition coefficient (Wildman–Crippen LogP) is 5.02. The molecule has 6 nitrogen and oxygen atoms in total. The van der Waals surface area contributed by atoms with E-state index < -0.39 is 11.9 Å². The lowest BCUT2D eigenvalue weighted by Gasteiger charge is -2.36. The van der Waals surface area contributed by atoms with Crippen LogP contribution in [0.4, 0.5) is 19.0 Å². The van der Waals surface area contributed by atoms with Crippen LogP contribution < -0.4 is 10.2 Å². The summed E-state index contributed by atoms with van der Waals surface area (Å²) in [7, 11) is 3.83. The number of nitrogens with one attached hydrogen (secondary N) is 1. The molecule has 5 rings (SSSR count). The van der Waals surface area contributed by atoms with Gasteiger partial charge >= 0.3 is 6.18 Å². The summed E-state index contributed by atoms with van der Waals surface area (Å²) in [5, 5.41) is 4.11. The number of alkyl halides is 3. The smallest absolute Gasteiger partial charge is 0.358 e. The van der Waals surface area contributed by atoms with Gasteiger partial charge in [0.25, 0.3) is 5.91 Å². The maximum absolute atomic E-state index is 13.1. The van der Waals surface area contributed by atoms with Gasteiger partial charge in [0.2, 0.25) is 0 Å². The van der Waals surface area contributed by atoms with Crippen molar-refractivity contribution in [3.05, 3.63) is 66.1 Å². The number of hydrogen-bond donors (Lipinski definition) is 1. The molecule has 34 heavy (non-hydrogen) atoms. The molecule has 1 fully saturated rings. The van der Waals surface area contributed by atoms with E-state index in [1.165, 1.54) is 4.40 Å². The molecule has 1 N–H and O–H groups in total. The van der Waals surface area contributed by atoms with Crippen molar-refractivity contribution >= 4 is 28.3 Å². The second-order valence-electron chi connectivity index (χ2n) is 9.00. The summed E-state index contributed by atoms with van der Waals surface area (Å²) < 4.78 is 42.9. The van der Waals surface area contributed by atoms with Crippen LogP contribution in [-0.2, 0) is 13.2 Å². The van der Waals surface area contributed by atoms with E-state index in [-0.39, 0.29) is 23.6 Å². The number of carbonyl (C=O) groups excluding carboxylic acids is 1. The topological polar surface area (TPSA) is 54.6 Å². The van der Waals surface area contributed by atoms with Gasteiger partial charge in [0, 0.05) is 49.5 Å². The number of fused-ring (bicyclic) bond motifs is 2. The Morgan fingerprint density at radius 1 is 1.06 bits per heavy atom. The normalized spacial score (nSPS) is 19.0. The van der Waals surface area contributed by atoms with Gasteiger partial charge in [-0.2, -0.15) is 13.2 Å². The number of nitrogens with zero attached hydrogens (tertiary/aromatic N) is 4. The zero-order valence-electron chi connectivity index (χ0n) is 19.0. The second-order valence-corrected chi connectivity index (χ2v) is 9.00. The average molecular weight is 470 g/mol. The third kappa shape index (κ3) is 3.99. The Bertz CT molecular complexity index is 1350. The molecule has 0 atom stereocenters. The minimum atomic E-state index is -4.48. The summed E-state index contributed by atoms with van der Waals surface area (Å²) in [6.07, 6.45) is 1.70. The zero-order chi connectivity index (χ0) is 24.0. The summed E-state index contributed by atoms with van der Waals surface area (Å²) >= 11 is 0. The van der Waals surface area contributed by atoms with Gasteiger partial charge in [-0.25, -0.2) is 4.98 Å². The Kier molecular flexibility index (Phi) is 5.50. The van der Waals surface area contributed by atoms with Crippen molar-refractivity contribution in [3.63, 3.8) is 0 Å². The maximum atomic E-state index is 13.1. The van der Waals surface area contributed by atoms with Crippen molar-refractivity contribution in [2.24, 2.45) is 7.05 Å². The van der Waals surface area contributed by atoms with Gasteiger partial charge in [0.15, 0.2) is 5.69 Å². The third-order valence-corrected chi connectivity index (χ3v) is 6.84. The predicted molar refractivity (Wildman–Crippen MR) is 125 cm³/mol. The molecule has 3 aromatic heterocycles. The Morgan fingerprint density at radius 3 is 2.53 bits per heavy atom. The lowest BCUT2D eigenvalue weighted by molar-refractivity contribution is -0.140. The first-order valence-electron chi connectivity index (χ1n) is 11.4. The molecule has 0 aliphatic heterocycles. The molecule has 0 bridgehead atoms. The van der Waals surface area contributed by atoms with Gasteiger partial charge in [-0.05, 0) is 43.9 Å². The number of aromatic nitrogens is 3. The van der Waals surface area contributed by atoms with Crippen LogP contribution in [-0.4, -0.2) is 39.0 Å². The fraction of sp³-hybridized carbons (Fsp3) is 0.360. The van der Waals surface area contributed by atoms with E-state index in [0.717, 1.165) is 42.8 Å². The molecule has 1 aliphatic carbocycles. The quantitative estimate of drug-likeness (QED) is 0.457. The van der Waals surface area contributed by atoms with Crippen molar-refractivity contribution in [2.45, 2.75) is 43.9 Å². The van der Waals surface area contributed by atoms with Crippen LogP contribution in [0.1, 0.15) is 41.7 Å². The van der Waals surface area contributed by atoms with E-state index in [0.29, 0.717) is 11.4 Å². The SMILES string of the molecule is CN(c1cccc2nc(C(F)(F)F)cn12)C1CCC(NC(=O)c2cn(C)c3ccccc23)CC1. The Labute approximate surface area is 195 Å². The molecule has 178 valence electrons. The highest BCUT2D eigenvalue weighted by Gasteiger charge is 2.34. The Balaban J connectivity index is 1.26. The number of anilines is 1. The second kappa shape index (κ2) is 8.38. The van der Waals surface area contributed by atoms with Gasteiger partial charge < -0.3 is 14.8 Å². The molecular formula is C25H26F3N5O. The molecule has 0 radical (unpaired) electrons. The van der Waals surface area contributed by atoms with Crippen molar-refractivity contribution in [3.8, 4) is 0 Å². The summed E-state index contributed by atoms with van der Waals surface area (Å²) in [6.45, 7) is 0. The number of imidazole rings is 1. The molecule has 0 unspecified atom stereocenters. The Morgan fingerprint density at radius 2 is 1.79 bits per heavy atom. The third-order valence-electron chi connectivity index (χ3n) is 6.84. The summed E-state index contributed by atoms with van der Waals surface area (Å²) in [4.78, 5) is 18.7. The van der Waals surface area contributed by atoms with Crippen LogP contribution in [0, 0.1) is 0 Å². The van der Waals surface area contributed by atoms with E-state index in [1.807, 2.05) is 60.1 Å². The molecule has 1 amide bonds. The first kappa shape index (κ1) is 22.3. The van der Waals surface area contributed by atoms with Crippen LogP contribution in [0.25, 0.3) is 16.6 Å². The lowest BCUT2D eigenvalue weighted by atomic mass is 9.90. The molecular weight excluding hydrogens is 443 g/mol. The van der Waals surface area contributed by atoms with Crippen LogP contribution in [0.5, 0.6) is 0 Å². The minimum absolute atomic E-state index is 0.0667. The lowest BCUT2D eigenvalue weighted by Crippen LogP contribution is -2.43. The minimum Gasteiger partial charge on any atom is -0.358 e. The number of rotatable bonds is 4. The highest BCUT2D eigenvalue weighted by atomic mass is 19.4. The van der Waals surface area contributed by atoms with E-state index >= 15 is 0 Å². The van der Waals surface area contributed by atoms with Crippen molar-refractivity contribution < 1.29 is 18.0 Å². The molecule has 1 aromatic carbocycles. The number of aryl methyl sites for hydroxylation is 1. The summed E-state index contributed by atoms with van der Waals surface area (Å²) in [5.74, 6) is 0.597. The fourth-order valence-corrected chi connectivity index (χ4v) is 5.00. The molecule has 0 saturated heterocycles. The first-order valence-corrected chi connectivity index (χ1v) is 11.4. The number of halogens is 3. The largest absolute Gasteiger partial charge is 0.434 e. The number of hydrogen-bond acceptors (Lipinski definition) is 3. The standard InChI is InChI=1S/C25H26F3N5O/c1-31-14-19(18-6-3-4-7-20(18)31)24(34)29-16-10-12-17(13-11-16)32(2)23-9-5-8-22-30-21(15-33(22)23)25(26,27)28/h3-9,14-17H,10-13H2,1-2H3,(H,29,34). The van der Waals surface area contributed by atoms with E-state index in [2.05, 4.69) is 10.3 Å². The fourth-order valence-electron chi connectivity index (χ4n) is 5.00.